The molecule has 0 spiro atoms. The molecule has 0 fully saturated rings. The van der Waals surface area contributed by atoms with Crippen molar-refractivity contribution in [1.29, 1.82) is 0 Å². The van der Waals surface area contributed by atoms with Gasteiger partial charge in [-0.1, -0.05) is 0 Å². The quantitative estimate of drug-likeness (QED) is 0.539. The topological polar surface area (TPSA) is 54.6 Å². The number of hydrogen-bond acceptors (Lipinski definition) is 2. The Morgan fingerprint density at radius 2 is 2.09 bits per heavy atom. The normalized spacial score (nSPS) is 9.18. The molecule has 0 bridgehead atoms. The van der Waals surface area contributed by atoms with E-state index in [4.69, 9.17) is 5.21 Å². The second-order valence-corrected chi connectivity index (χ2v) is 2.07. The number of rotatable bonds is 0. The Hall–Kier alpha value is -1.58. The van der Waals surface area contributed by atoms with Crippen molar-refractivity contribution in [2.45, 2.75) is 6.92 Å². The fourth-order valence-electron chi connectivity index (χ4n) is 0.667. The Morgan fingerprint density at radius 3 is 2.55 bits per heavy atom. The van der Waals surface area contributed by atoms with Crippen molar-refractivity contribution in [3.8, 4) is 0 Å². The van der Waals surface area contributed by atoms with E-state index < -0.39 is 0 Å². The molecule has 1 aromatic heterocycles. The zero-order valence-electron chi connectivity index (χ0n) is 6.06. The minimum absolute atomic E-state index is 0.249. The standard InChI is InChI=1S/C7H8N2O2/c1-6(10)8-7-2-4-9(11)5-3-7/h2-5,11H,1H3. The first-order valence-electron chi connectivity index (χ1n) is 3.11. The van der Waals surface area contributed by atoms with Crippen LogP contribution in [0.25, 0.3) is 0 Å². The van der Waals surface area contributed by atoms with Crippen LogP contribution < -0.4 is 5.36 Å². The van der Waals surface area contributed by atoms with Crippen LogP contribution >= 0.6 is 0 Å². The molecule has 1 aromatic rings. The molecule has 4 nitrogen and oxygen atoms in total. The number of hydrogen-bond donors (Lipinski definition) is 1. The average molecular weight is 152 g/mol. The van der Waals surface area contributed by atoms with Crippen LogP contribution in [0.5, 0.6) is 0 Å². The van der Waals surface area contributed by atoms with Crippen molar-refractivity contribution >= 4 is 5.91 Å². The first kappa shape index (κ1) is 7.53. The van der Waals surface area contributed by atoms with Gasteiger partial charge in [0.1, 0.15) is 0 Å². The molecule has 1 N–H and O–H groups in total. The van der Waals surface area contributed by atoms with Gasteiger partial charge < -0.3 is 5.21 Å². The molecule has 1 amide bonds. The Balaban J connectivity index is 3.08. The van der Waals surface area contributed by atoms with E-state index in [2.05, 4.69) is 4.99 Å². The molecule has 0 aliphatic heterocycles. The van der Waals surface area contributed by atoms with Gasteiger partial charge in [0.15, 0.2) is 0 Å². The molecule has 58 valence electrons. The zero-order valence-corrected chi connectivity index (χ0v) is 6.06. The molecule has 0 aromatic carbocycles. The number of carbonyl (C=O) groups excluding carboxylic acids is 1. The molecule has 0 radical (unpaired) electrons. The summed E-state index contributed by atoms with van der Waals surface area (Å²) in [5, 5.41) is 9.33. The maximum absolute atomic E-state index is 10.5. The van der Waals surface area contributed by atoms with E-state index in [0.717, 1.165) is 4.73 Å². The highest BCUT2D eigenvalue weighted by molar-refractivity contribution is 5.73. The van der Waals surface area contributed by atoms with Crippen molar-refractivity contribution in [3.05, 3.63) is 29.9 Å². The Kier molecular flexibility index (Phi) is 2.06. The molecule has 1 heterocycles. The van der Waals surface area contributed by atoms with Gasteiger partial charge in [0, 0.05) is 19.3 Å². The molecule has 11 heavy (non-hydrogen) atoms. The minimum Gasteiger partial charge on any atom is -0.429 e. The van der Waals surface area contributed by atoms with Crippen LogP contribution in [-0.4, -0.2) is 15.8 Å². The van der Waals surface area contributed by atoms with Gasteiger partial charge in [-0.05, 0) is 12.1 Å². The lowest BCUT2D eigenvalue weighted by Gasteiger charge is -1.91. The number of aromatic nitrogens is 1. The van der Waals surface area contributed by atoms with Crippen LogP contribution in [0.15, 0.2) is 29.5 Å². The van der Waals surface area contributed by atoms with Gasteiger partial charge in [0.2, 0.25) is 5.91 Å². The van der Waals surface area contributed by atoms with Gasteiger partial charge in [-0.2, -0.15) is 0 Å². The van der Waals surface area contributed by atoms with Crippen LogP contribution in [-0.2, 0) is 4.79 Å². The molecule has 1 rings (SSSR count). The van der Waals surface area contributed by atoms with Gasteiger partial charge in [0.25, 0.3) is 0 Å². The summed E-state index contributed by atoms with van der Waals surface area (Å²) in [7, 11) is 0. The smallest absolute Gasteiger partial charge is 0.243 e. The largest absolute Gasteiger partial charge is 0.429 e. The van der Waals surface area contributed by atoms with Gasteiger partial charge in [-0.3, -0.25) is 4.79 Å². The molecular weight excluding hydrogens is 144 g/mol. The van der Waals surface area contributed by atoms with Crippen LogP contribution in [0.4, 0.5) is 0 Å². The predicted molar refractivity (Wildman–Crippen MR) is 37.9 cm³/mol. The summed E-state index contributed by atoms with van der Waals surface area (Å²) >= 11 is 0. The second kappa shape index (κ2) is 3.01. The first-order valence-corrected chi connectivity index (χ1v) is 3.11. The highest BCUT2D eigenvalue weighted by Gasteiger charge is 1.84. The Morgan fingerprint density at radius 1 is 1.55 bits per heavy atom. The summed E-state index contributed by atoms with van der Waals surface area (Å²) in [5.41, 5.74) is 0. The molecular formula is C7H8N2O2. The summed E-state index contributed by atoms with van der Waals surface area (Å²) in [6.07, 6.45) is 2.81. The molecule has 4 heteroatoms. The molecule has 0 saturated carbocycles. The van der Waals surface area contributed by atoms with Crippen molar-refractivity contribution in [1.82, 2.24) is 4.73 Å². The van der Waals surface area contributed by atoms with Crippen molar-refractivity contribution in [3.63, 3.8) is 0 Å². The number of amides is 1. The maximum Gasteiger partial charge on any atom is 0.243 e. The van der Waals surface area contributed by atoms with E-state index in [9.17, 15) is 4.79 Å². The van der Waals surface area contributed by atoms with Gasteiger partial charge in [-0.15, -0.1) is 0 Å². The van der Waals surface area contributed by atoms with E-state index in [0.29, 0.717) is 5.36 Å². The summed E-state index contributed by atoms with van der Waals surface area (Å²) in [5.74, 6) is -0.249. The zero-order chi connectivity index (χ0) is 8.27. The fraction of sp³-hybridized carbons (Fsp3) is 0.143. The van der Waals surface area contributed by atoms with E-state index >= 15 is 0 Å². The lowest BCUT2D eigenvalue weighted by molar-refractivity contribution is -0.116. The summed E-state index contributed by atoms with van der Waals surface area (Å²) in [6, 6.07) is 3.09. The Labute approximate surface area is 63.4 Å². The van der Waals surface area contributed by atoms with Crippen molar-refractivity contribution in [2.24, 2.45) is 4.99 Å². The molecule has 0 atom stereocenters. The van der Waals surface area contributed by atoms with Crippen LogP contribution in [0.3, 0.4) is 0 Å². The van der Waals surface area contributed by atoms with Gasteiger partial charge in [-0.25, -0.2) is 9.72 Å². The molecule has 0 aliphatic carbocycles. The van der Waals surface area contributed by atoms with Crippen molar-refractivity contribution < 1.29 is 10.0 Å². The highest BCUT2D eigenvalue weighted by Crippen LogP contribution is 1.76. The highest BCUT2D eigenvalue weighted by atomic mass is 16.5. The van der Waals surface area contributed by atoms with E-state index in [-0.39, 0.29) is 5.91 Å². The molecule has 0 unspecified atom stereocenters. The summed E-state index contributed by atoms with van der Waals surface area (Å²) < 4.78 is 0.888. The number of carbonyl (C=O) groups is 1. The first-order chi connectivity index (χ1) is 5.18. The SMILES string of the molecule is CC(=O)N=c1ccn(O)cc1. The molecule has 0 aliphatic rings. The van der Waals surface area contributed by atoms with Gasteiger partial charge >= 0.3 is 0 Å². The second-order valence-electron chi connectivity index (χ2n) is 2.07. The Bertz CT molecular complexity index is 307. The third-order valence-corrected chi connectivity index (χ3v) is 1.08. The molecule has 0 saturated heterocycles. The number of pyridine rings is 1. The minimum atomic E-state index is -0.249. The third kappa shape index (κ3) is 2.25. The monoisotopic (exact) mass is 152 g/mol. The van der Waals surface area contributed by atoms with Gasteiger partial charge in [0.05, 0.1) is 5.36 Å². The number of nitrogens with zero attached hydrogens (tertiary/aromatic N) is 2. The summed E-state index contributed by atoms with van der Waals surface area (Å²) in [6.45, 7) is 1.38. The fourth-order valence-corrected chi connectivity index (χ4v) is 0.667. The average Bonchev–Trinajstić information content (AvgIpc) is 1.93. The maximum atomic E-state index is 10.5. The van der Waals surface area contributed by atoms with E-state index in [1.807, 2.05) is 0 Å². The van der Waals surface area contributed by atoms with Crippen LogP contribution in [0, 0.1) is 0 Å². The van der Waals surface area contributed by atoms with Crippen molar-refractivity contribution in [2.75, 3.05) is 0 Å². The third-order valence-electron chi connectivity index (χ3n) is 1.08. The van der Waals surface area contributed by atoms with Crippen LogP contribution in [0.2, 0.25) is 0 Å². The van der Waals surface area contributed by atoms with Crippen LogP contribution in [0.1, 0.15) is 6.92 Å². The van der Waals surface area contributed by atoms with E-state index in [1.54, 1.807) is 12.1 Å². The van der Waals surface area contributed by atoms with E-state index in [1.165, 1.54) is 19.3 Å². The lowest BCUT2D eigenvalue weighted by atomic mass is 10.5. The lowest BCUT2D eigenvalue weighted by Crippen LogP contribution is -2.05. The summed E-state index contributed by atoms with van der Waals surface area (Å²) in [4.78, 5) is 14.1. The predicted octanol–water partition coefficient (Wildman–Crippen LogP) is 0.173.